The number of rotatable bonds is 5. The van der Waals surface area contributed by atoms with E-state index in [1.54, 1.807) is 13.0 Å². The molecule has 1 unspecified atom stereocenters. The molecule has 1 atom stereocenters. The fourth-order valence-electron chi connectivity index (χ4n) is 2.25. The van der Waals surface area contributed by atoms with Gasteiger partial charge < -0.3 is 36.4 Å². The lowest BCUT2D eigenvalue weighted by atomic mass is 10.2. The van der Waals surface area contributed by atoms with Gasteiger partial charge in [-0.3, -0.25) is 9.19 Å². The molecule has 0 fully saturated rings. The molecule has 17 heteroatoms. The van der Waals surface area contributed by atoms with Gasteiger partial charge in [0.15, 0.2) is 11.8 Å². The average molecular weight is 537 g/mol. The van der Waals surface area contributed by atoms with Gasteiger partial charge in [0.1, 0.15) is 5.75 Å². The molecule has 0 saturated carbocycles. The second kappa shape index (κ2) is 17.5. The number of nitrogens with zero attached hydrogens (tertiary/aromatic N) is 2. The number of carboxylic acid groups (broad SMARTS) is 2. The number of carbonyl (C=O) groups is 1. The van der Waals surface area contributed by atoms with E-state index in [0.29, 0.717) is 21.9 Å². The second-order valence-electron chi connectivity index (χ2n) is 5.62. The molecule has 0 aliphatic heterocycles. The quantitative estimate of drug-likeness (QED) is 0.391. The van der Waals surface area contributed by atoms with Gasteiger partial charge in [0.25, 0.3) is 0 Å². The summed E-state index contributed by atoms with van der Waals surface area (Å²) in [5.41, 5.74) is 2.28. The van der Waals surface area contributed by atoms with E-state index < -0.39 is 29.7 Å². The summed E-state index contributed by atoms with van der Waals surface area (Å²) in [4.78, 5) is 19.9. The van der Waals surface area contributed by atoms with Crippen molar-refractivity contribution in [2.75, 3.05) is 6.61 Å². The van der Waals surface area contributed by atoms with Crippen LogP contribution in [0, 0.1) is 6.92 Å². The zero-order chi connectivity index (χ0) is 21.6. The SMILES string of the molecule is Cc1c(OCC(F)(F)F)ccnc1CS(=O)c1nc2ccccc2[nH]1.O.O.O.O=C(O)O.[Al].[Mg]. The number of aromatic amines is 1. The van der Waals surface area contributed by atoms with E-state index in [-0.39, 0.29) is 68.3 Å². The van der Waals surface area contributed by atoms with Crippen molar-refractivity contribution < 1.29 is 53.6 Å². The van der Waals surface area contributed by atoms with E-state index in [4.69, 9.17) is 19.7 Å². The molecule has 0 spiro atoms. The van der Waals surface area contributed by atoms with Crippen molar-refractivity contribution in [2.24, 2.45) is 0 Å². The van der Waals surface area contributed by atoms with Gasteiger partial charge in [-0.1, -0.05) is 12.1 Å². The van der Waals surface area contributed by atoms with Crippen molar-refractivity contribution >= 4 is 68.4 Å². The van der Waals surface area contributed by atoms with Gasteiger partial charge in [-0.25, -0.2) is 9.78 Å². The summed E-state index contributed by atoms with van der Waals surface area (Å²) in [5, 5.41) is 14.2. The second-order valence-corrected chi connectivity index (χ2v) is 6.98. The highest BCUT2D eigenvalue weighted by atomic mass is 32.2. The van der Waals surface area contributed by atoms with Crippen LogP contribution in [0.3, 0.4) is 0 Å². The summed E-state index contributed by atoms with van der Waals surface area (Å²) in [7, 11) is -1.51. The number of alkyl halides is 3. The molecule has 0 aliphatic carbocycles. The van der Waals surface area contributed by atoms with E-state index in [1.807, 2.05) is 18.2 Å². The minimum Gasteiger partial charge on any atom is -0.484 e. The predicted molar refractivity (Wildman–Crippen MR) is 120 cm³/mol. The lowest BCUT2D eigenvalue weighted by Crippen LogP contribution is -2.19. The average Bonchev–Trinajstić information content (AvgIpc) is 3.05. The number of aromatic nitrogens is 3. The standard InChI is InChI=1S/C16H14F3N3O2S.CH2O3.Al.Mg.3H2O/c1-10-13(20-7-6-14(10)24-9-16(17,18)19)8-25(23)15-21-11-4-2-3-5-12(11)22-15;2-1(3)4;;;;;/h2-7H,8-9H2,1H3,(H,21,22);(H2,2,3,4);;;3*1H2. The Labute approximate surface area is 220 Å². The lowest BCUT2D eigenvalue weighted by molar-refractivity contribution is -0.153. The fourth-order valence-corrected chi connectivity index (χ4v) is 3.35. The number of H-pyrrole nitrogens is 1. The third-order valence-electron chi connectivity index (χ3n) is 3.50. The van der Waals surface area contributed by atoms with Crippen LogP contribution in [0.25, 0.3) is 11.0 Å². The highest BCUT2D eigenvalue weighted by Gasteiger charge is 2.29. The van der Waals surface area contributed by atoms with Crippen LogP contribution in [0.4, 0.5) is 18.0 Å². The number of ether oxygens (including phenoxy) is 1. The van der Waals surface area contributed by atoms with Gasteiger partial charge in [-0.2, -0.15) is 13.2 Å². The van der Waals surface area contributed by atoms with Crippen LogP contribution in [-0.2, 0) is 16.6 Å². The van der Waals surface area contributed by atoms with Crippen molar-refractivity contribution in [2.45, 2.75) is 24.0 Å². The Kier molecular flexibility index (Phi) is 20.2. The smallest absolute Gasteiger partial charge is 0.484 e. The molecule has 0 amide bonds. The Morgan fingerprint density at radius 2 is 1.71 bits per heavy atom. The summed E-state index contributed by atoms with van der Waals surface area (Å²) >= 11 is 0. The molecule has 0 bridgehead atoms. The molecule has 1 aromatic carbocycles. The molecule has 3 rings (SSSR count). The van der Waals surface area contributed by atoms with Crippen LogP contribution in [0.15, 0.2) is 41.7 Å². The molecule has 5 radical (unpaired) electrons. The minimum absolute atomic E-state index is 0. The topological polar surface area (TPSA) is 220 Å². The Balaban J connectivity index is -0.000000465. The number of hydrogen-bond donors (Lipinski definition) is 3. The summed E-state index contributed by atoms with van der Waals surface area (Å²) in [5.74, 6) is 0.0958. The van der Waals surface area contributed by atoms with E-state index in [9.17, 15) is 17.4 Å². The molecular formula is C17H22AlF3MgN3O8S. The Morgan fingerprint density at radius 3 is 2.24 bits per heavy atom. The van der Waals surface area contributed by atoms with Crippen LogP contribution in [-0.4, -0.2) is 105 Å². The number of hydrogen-bond acceptors (Lipinski definition) is 5. The van der Waals surface area contributed by atoms with E-state index in [1.165, 1.54) is 12.3 Å². The van der Waals surface area contributed by atoms with Gasteiger partial charge >= 0.3 is 12.3 Å². The number of fused-ring (bicyclic) bond motifs is 1. The van der Waals surface area contributed by atoms with E-state index in [2.05, 4.69) is 15.0 Å². The third-order valence-corrected chi connectivity index (χ3v) is 4.66. The first-order chi connectivity index (χ1) is 13.6. The van der Waals surface area contributed by atoms with Crippen LogP contribution in [0.2, 0.25) is 0 Å². The third kappa shape index (κ3) is 12.5. The van der Waals surface area contributed by atoms with Gasteiger partial charge in [0.05, 0.1) is 33.3 Å². The van der Waals surface area contributed by atoms with Crippen molar-refractivity contribution in [3.8, 4) is 5.75 Å². The Morgan fingerprint density at radius 1 is 1.15 bits per heavy atom. The van der Waals surface area contributed by atoms with Gasteiger partial charge in [-0.15, -0.1) is 0 Å². The van der Waals surface area contributed by atoms with Crippen LogP contribution in [0.5, 0.6) is 5.75 Å². The van der Waals surface area contributed by atoms with Crippen LogP contribution in [0.1, 0.15) is 11.3 Å². The van der Waals surface area contributed by atoms with Crippen LogP contribution < -0.4 is 4.74 Å². The van der Waals surface area contributed by atoms with Crippen molar-refractivity contribution in [1.29, 1.82) is 0 Å². The molecule has 185 valence electrons. The van der Waals surface area contributed by atoms with Gasteiger partial charge in [0.2, 0.25) is 0 Å². The first kappa shape index (κ1) is 39.3. The van der Waals surface area contributed by atoms with Crippen LogP contribution >= 0.6 is 0 Å². The maximum atomic E-state index is 12.5. The molecule has 3 aromatic rings. The number of para-hydroxylation sites is 2. The maximum absolute atomic E-state index is 12.5. The van der Waals surface area contributed by atoms with E-state index in [0.717, 1.165) is 5.52 Å². The summed E-state index contributed by atoms with van der Waals surface area (Å²) < 4.78 is 54.2. The summed E-state index contributed by atoms with van der Waals surface area (Å²) in [6.07, 6.45) is -4.92. The largest absolute Gasteiger partial charge is 0.503 e. The van der Waals surface area contributed by atoms with Crippen molar-refractivity contribution in [3.05, 3.63) is 47.8 Å². The normalized spacial score (nSPS) is 10.4. The monoisotopic (exact) mass is 536 g/mol. The van der Waals surface area contributed by atoms with Crippen molar-refractivity contribution in [1.82, 2.24) is 15.0 Å². The molecule has 11 nitrogen and oxygen atoms in total. The first-order valence-electron chi connectivity index (χ1n) is 7.96. The molecule has 2 aromatic heterocycles. The number of halogens is 3. The van der Waals surface area contributed by atoms with Gasteiger partial charge in [-0.05, 0) is 25.1 Å². The Bertz CT molecular complexity index is 1010. The Hall–Kier alpha value is -1.97. The molecule has 0 saturated heterocycles. The molecular weight excluding hydrogens is 515 g/mol. The fraction of sp³-hybridized carbons (Fsp3) is 0.235. The highest BCUT2D eigenvalue weighted by Crippen LogP contribution is 2.24. The number of pyridine rings is 1. The molecule has 2 heterocycles. The van der Waals surface area contributed by atoms with Gasteiger partial charge in [0, 0.05) is 52.2 Å². The number of benzene rings is 1. The zero-order valence-electron chi connectivity index (χ0n) is 17.7. The number of nitrogens with one attached hydrogen (secondary N) is 1. The first-order valence-corrected chi connectivity index (χ1v) is 9.27. The highest BCUT2D eigenvalue weighted by molar-refractivity contribution is 7.84. The minimum atomic E-state index is -4.42. The van der Waals surface area contributed by atoms with E-state index >= 15 is 0 Å². The summed E-state index contributed by atoms with van der Waals surface area (Å²) in [6, 6.07) is 8.62. The molecule has 34 heavy (non-hydrogen) atoms. The molecule has 0 aliphatic rings. The van der Waals surface area contributed by atoms with Crippen molar-refractivity contribution in [3.63, 3.8) is 0 Å². The predicted octanol–water partition coefficient (Wildman–Crippen LogP) is 0.502. The number of imidazole rings is 1. The molecule has 9 N–H and O–H groups in total. The maximum Gasteiger partial charge on any atom is 0.503 e. The zero-order valence-corrected chi connectivity index (χ0v) is 21.1. The lowest BCUT2D eigenvalue weighted by Gasteiger charge is -2.13. The summed E-state index contributed by atoms with van der Waals surface area (Å²) in [6.45, 7) is 0.202.